The van der Waals surface area contributed by atoms with Crippen LogP contribution in [0.15, 0.2) is 36.5 Å². The third-order valence-corrected chi connectivity index (χ3v) is 6.22. The maximum atomic E-state index is 13.1. The quantitative estimate of drug-likeness (QED) is 0.808. The van der Waals surface area contributed by atoms with Crippen LogP contribution in [0.1, 0.15) is 43.8 Å². The van der Waals surface area contributed by atoms with Gasteiger partial charge in [-0.2, -0.15) is 0 Å². The molecule has 5 atom stereocenters. The normalized spacial score (nSPS) is 32.0. The van der Waals surface area contributed by atoms with Crippen molar-refractivity contribution in [1.29, 1.82) is 0 Å². The van der Waals surface area contributed by atoms with Crippen LogP contribution in [-0.4, -0.2) is 22.0 Å². The fourth-order valence-electron chi connectivity index (χ4n) is 5.05. The van der Waals surface area contributed by atoms with Crippen molar-refractivity contribution in [1.82, 2.24) is 10.3 Å². The maximum absolute atomic E-state index is 13.1. The Morgan fingerprint density at radius 2 is 1.84 bits per heavy atom. The number of allylic oxidation sites excluding steroid dienone is 2. The van der Waals surface area contributed by atoms with Crippen LogP contribution in [0.3, 0.4) is 0 Å². The minimum atomic E-state index is -0.854. The highest BCUT2D eigenvalue weighted by Gasteiger charge is 2.52. The summed E-state index contributed by atoms with van der Waals surface area (Å²) >= 11 is 0. The van der Waals surface area contributed by atoms with Crippen LogP contribution in [0.4, 0.5) is 0 Å². The Hall–Kier alpha value is -2.17. The Bertz CT molecular complexity index is 681. The van der Waals surface area contributed by atoms with E-state index in [0.29, 0.717) is 5.92 Å². The molecule has 5 unspecified atom stereocenters. The van der Waals surface area contributed by atoms with Crippen LogP contribution in [0, 0.1) is 29.6 Å². The second-order valence-electron chi connectivity index (χ2n) is 7.62. The molecular weight excluding hydrogens is 316 g/mol. The monoisotopic (exact) mass is 340 g/mol. The van der Waals surface area contributed by atoms with Gasteiger partial charge < -0.3 is 10.4 Å². The fourth-order valence-corrected chi connectivity index (χ4v) is 5.05. The number of pyridine rings is 1. The van der Waals surface area contributed by atoms with E-state index in [2.05, 4.69) is 10.3 Å². The van der Waals surface area contributed by atoms with Gasteiger partial charge in [-0.25, -0.2) is 0 Å². The summed E-state index contributed by atoms with van der Waals surface area (Å²) in [7, 11) is 0. The van der Waals surface area contributed by atoms with Gasteiger partial charge in [-0.05, 0) is 49.1 Å². The summed E-state index contributed by atoms with van der Waals surface area (Å²) in [6.45, 7) is 0. The molecule has 25 heavy (non-hydrogen) atoms. The molecule has 132 valence electrons. The number of carboxylic acid groups (broad SMARTS) is 1. The number of rotatable bonds is 5. The summed E-state index contributed by atoms with van der Waals surface area (Å²) in [5.74, 6) is -1.59. The van der Waals surface area contributed by atoms with Crippen molar-refractivity contribution >= 4 is 11.9 Å². The molecule has 1 amide bonds. The van der Waals surface area contributed by atoms with Gasteiger partial charge in [0.05, 0.1) is 23.6 Å². The molecule has 0 aromatic carbocycles. The van der Waals surface area contributed by atoms with E-state index in [1.807, 2.05) is 30.4 Å². The average molecular weight is 340 g/mol. The number of carbonyl (C=O) groups is 2. The topological polar surface area (TPSA) is 79.3 Å². The minimum Gasteiger partial charge on any atom is -0.481 e. The first-order chi connectivity index (χ1) is 12.1. The number of aromatic nitrogens is 1. The van der Waals surface area contributed by atoms with Gasteiger partial charge in [0.15, 0.2) is 0 Å². The lowest BCUT2D eigenvalue weighted by atomic mass is 9.82. The van der Waals surface area contributed by atoms with E-state index in [1.165, 1.54) is 12.8 Å². The third-order valence-electron chi connectivity index (χ3n) is 6.22. The van der Waals surface area contributed by atoms with Gasteiger partial charge in [-0.15, -0.1) is 0 Å². The van der Waals surface area contributed by atoms with Gasteiger partial charge in [0, 0.05) is 6.20 Å². The highest BCUT2D eigenvalue weighted by Crippen LogP contribution is 2.48. The predicted molar refractivity (Wildman–Crippen MR) is 92.4 cm³/mol. The number of hydrogen-bond donors (Lipinski definition) is 2. The SMILES string of the molecule is O=C(O)C1C2C=CC(C2)C1C(=O)NC(c1ccccn1)C1CCCC1. The Labute approximate surface area is 147 Å². The van der Waals surface area contributed by atoms with Gasteiger partial charge in [-0.3, -0.25) is 14.6 Å². The van der Waals surface area contributed by atoms with E-state index in [4.69, 9.17) is 0 Å². The summed E-state index contributed by atoms with van der Waals surface area (Å²) in [4.78, 5) is 29.2. The van der Waals surface area contributed by atoms with Crippen LogP contribution < -0.4 is 5.32 Å². The summed E-state index contributed by atoms with van der Waals surface area (Å²) < 4.78 is 0. The number of fused-ring (bicyclic) bond motifs is 2. The molecule has 0 radical (unpaired) electrons. The van der Waals surface area contributed by atoms with Crippen LogP contribution in [-0.2, 0) is 9.59 Å². The van der Waals surface area contributed by atoms with E-state index >= 15 is 0 Å². The molecule has 2 fully saturated rings. The standard InChI is InChI=1S/C20H24N2O3/c23-19(16-13-8-9-14(11-13)17(16)20(24)25)22-18(12-5-1-2-6-12)15-7-3-4-10-21-15/h3-4,7-10,12-14,16-18H,1-2,5-6,11H2,(H,22,23)(H,24,25). The zero-order valence-electron chi connectivity index (χ0n) is 14.2. The van der Waals surface area contributed by atoms with Crippen LogP contribution in [0.5, 0.6) is 0 Å². The Morgan fingerprint density at radius 1 is 1.12 bits per heavy atom. The summed E-state index contributed by atoms with van der Waals surface area (Å²) in [6, 6.07) is 5.65. The molecule has 0 saturated heterocycles. The molecule has 1 aromatic rings. The van der Waals surface area contributed by atoms with Crippen molar-refractivity contribution in [2.24, 2.45) is 29.6 Å². The first-order valence-electron chi connectivity index (χ1n) is 9.27. The van der Waals surface area contributed by atoms with Crippen molar-refractivity contribution in [3.8, 4) is 0 Å². The number of carbonyl (C=O) groups excluding carboxylic acids is 1. The zero-order valence-corrected chi connectivity index (χ0v) is 14.2. The first kappa shape index (κ1) is 16.3. The second-order valence-corrected chi connectivity index (χ2v) is 7.62. The van der Waals surface area contributed by atoms with Gasteiger partial charge in [0.1, 0.15) is 0 Å². The number of carboxylic acids is 1. The third kappa shape index (κ3) is 2.96. The molecule has 3 aliphatic rings. The largest absolute Gasteiger partial charge is 0.481 e. The van der Waals surface area contributed by atoms with Gasteiger partial charge >= 0.3 is 5.97 Å². The van der Waals surface area contributed by atoms with E-state index in [-0.39, 0.29) is 23.8 Å². The lowest BCUT2D eigenvalue weighted by molar-refractivity contribution is -0.148. The number of nitrogens with zero attached hydrogens (tertiary/aromatic N) is 1. The van der Waals surface area contributed by atoms with Crippen LogP contribution in [0.25, 0.3) is 0 Å². The summed E-state index contributed by atoms with van der Waals surface area (Å²) in [5.41, 5.74) is 0.883. The van der Waals surface area contributed by atoms with E-state index in [1.54, 1.807) is 6.20 Å². The second kappa shape index (κ2) is 6.62. The Balaban J connectivity index is 1.56. The molecule has 4 rings (SSSR count). The molecule has 0 aliphatic heterocycles. The van der Waals surface area contributed by atoms with Crippen molar-refractivity contribution in [2.75, 3.05) is 0 Å². The van der Waals surface area contributed by atoms with E-state index < -0.39 is 17.8 Å². The molecule has 1 aromatic heterocycles. The molecule has 1 heterocycles. The fraction of sp³-hybridized carbons (Fsp3) is 0.550. The zero-order chi connectivity index (χ0) is 17.4. The average Bonchev–Trinajstić information content (AvgIpc) is 3.36. The summed E-state index contributed by atoms with van der Waals surface area (Å²) in [6.07, 6.45) is 11.1. The molecule has 5 nitrogen and oxygen atoms in total. The molecule has 2 saturated carbocycles. The molecule has 2 bridgehead atoms. The Morgan fingerprint density at radius 3 is 2.48 bits per heavy atom. The van der Waals surface area contributed by atoms with Crippen molar-refractivity contribution in [3.05, 3.63) is 42.2 Å². The molecule has 2 N–H and O–H groups in total. The number of nitrogens with one attached hydrogen (secondary N) is 1. The molecular formula is C20H24N2O3. The Kier molecular flexibility index (Phi) is 4.32. The number of hydrogen-bond acceptors (Lipinski definition) is 3. The predicted octanol–water partition coefficient (Wildman–Crippen LogP) is 2.95. The van der Waals surface area contributed by atoms with E-state index in [0.717, 1.165) is 25.0 Å². The number of amides is 1. The lowest BCUT2D eigenvalue weighted by Gasteiger charge is -2.29. The maximum Gasteiger partial charge on any atom is 0.307 e. The first-order valence-corrected chi connectivity index (χ1v) is 9.27. The van der Waals surface area contributed by atoms with Crippen LogP contribution >= 0.6 is 0 Å². The highest BCUT2D eigenvalue weighted by molar-refractivity contribution is 5.87. The van der Waals surface area contributed by atoms with Crippen LogP contribution in [0.2, 0.25) is 0 Å². The lowest BCUT2D eigenvalue weighted by Crippen LogP contribution is -2.43. The van der Waals surface area contributed by atoms with Gasteiger partial charge in [0.2, 0.25) is 5.91 Å². The molecule has 0 spiro atoms. The molecule has 5 heteroatoms. The van der Waals surface area contributed by atoms with Crippen molar-refractivity contribution in [3.63, 3.8) is 0 Å². The minimum absolute atomic E-state index is 0.00182. The van der Waals surface area contributed by atoms with Crippen molar-refractivity contribution in [2.45, 2.75) is 38.1 Å². The smallest absolute Gasteiger partial charge is 0.307 e. The number of aliphatic carboxylic acids is 1. The van der Waals surface area contributed by atoms with E-state index in [9.17, 15) is 14.7 Å². The van der Waals surface area contributed by atoms with Gasteiger partial charge in [0.25, 0.3) is 0 Å². The van der Waals surface area contributed by atoms with Crippen molar-refractivity contribution < 1.29 is 14.7 Å². The summed E-state index contributed by atoms with van der Waals surface area (Å²) in [5, 5.41) is 12.8. The molecule has 3 aliphatic carbocycles. The van der Waals surface area contributed by atoms with Gasteiger partial charge in [-0.1, -0.05) is 31.1 Å². The highest BCUT2D eigenvalue weighted by atomic mass is 16.4.